The molecule has 0 bridgehead atoms. The lowest BCUT2D eigenvalue weighted by Gasteiger charge is -2.21. The Balaban J connectivity index is 2.24. The molecule has 1 aromatic rings. The van der Waals surface area contributed by atoms with Crippen molar-refractivity contribution in [1.82, 2.24) is 9.97 Å². The van der Waals surface area contributed by atoms with Gasteiger partial charge in [0.2, 0.25) is 0 Å². The van der Waals surface area contributed by atoms with Gasteiger partial charge in [0.25, 0.3) is 0 Å². The zero-order valence-corrected chi connectivity index (χ0v) is 12.9. The molecule has 112 valence electrons. The highest BCUT2D eigenvalue weighted by Crippen LogP contribution is 2.19. The molecule has 20 heavy (non-hydrogen) atoms. The first kappa shape index (κ1) is 15.0. The molecule has 7 heteroatoms. The Labute approximate surface area is 120 Å². The molecule has 1 aromatic heterocycles. The molecule has 1 fully saturated rings. The molecule has 0 saturated carbocycles. The molecule has 0 atom stereocenters. The highest BCUT2D eigenvalue weighted by Gasteiger charge is 2.20. The Kier molecular flexibility index (Phi) is 4.80. The highest BCUT2D eigenvalue weighted by atomic mass is 32.2. The summed E-state index contributed by atoms with van der Waals surface area (Å²) < 4.78 is 23.3. The Morgan fingerprint density at radius 2 is 2.10 bits per heavy atom. The van der Waals surface area contributed by atoms with Crippen LogP contribution in [-0.2, 0) is 16.3 Å². The molecule has 6 nitrogen and oxygen atoms in total. The van der Waals surface area contributed by atoms with Gasteiger partial charge in [-0.1, -0.05) is 6.92 Å². The first-order chi connectivity index (χ1) is 9.54. The monoisotopic (exact) mass is 298 g/mol. The van der Waals surface area contributed by atoms with E-state index in [1.807, 2.05) is 18.0 Å². The maximum atomic E-state index is 11.7. The van der Waals surface area contributed by atoms with E-state index < -0.39 is 9.84 Å². The lowest BCUT2D eigenvalue weighted by molar-refractivity contribution is 0.597. The largest absolute Gasteiger partial charge is 0.373 e. The van der Waals surface area contributed by atoms with Gasteiger partial charge in [0.05, 0.1) is 11.5 Å². The molecule has 0 spiro atoms. The van der Waals surface area contributed by atoms with Gasteiger partial charge < -0.3 is 10.2 Å². The summed E-state index contributed by atoms with van der Waals surface area (Å²) in [6.45, 7) is 3.33. The second kappa shape index (κ2) is 6.39. The van der Waals surface area contributed by atoms with E-state index in [4.69, 9.17) is 0 Å². The van der Waals surface area contributed by atoms with E-state index in [-0.39, 0.29) is 11.5 Å². The van der Waals surface area contributed by atoms with Gasteiger partial charge in [-0.25, -0.2) is 18.4 Å². The Morgan fingerprint density at radius 3 is 2.80 bits per heavy atom. The summed E-state index contributed by atoms with van der Waals surface area (Å²) in [5, 5.41) is 3.04. The van der Waals surface area contributed by atoms with Crippen LogP contribution < -0.4 is 10.2 Å². The van der Waals surface area contributed by atoms with Crippen LogP contribution >= 0.6 is 0 Å². The van der Waals surface area contributed by atoms with Crippen molar-refractivity contribution >= 4 is 21.5 Å². The summed E-state index contributed by atoms with van der Waals surface area (Å²) in [6, 6.07) is 1.89. The fourth-order valence-corrected chi connectivity index (χ4v) is 3.55. The van der Waals surface area contributed by atoms with Crippen LogP contribution in [0.15, 0.2) is 6.07 Å². The quantitative estimate of drug-likeness (QED) is 0.897. The number of aromatic nitrogens is 2. The predicted octanol–water partition coefficient (Wildman–Crippen LogP) is 1.10. The SMILES string of the molecule is CCCc1nc(NC)cc(N2CCCS(=O)(=O)CC2)n1. The first-order valence-corrected chi connectivity index (χ1v) is 8.87. The molecule has 1 N–H and O–H groups in total. The van der Waals surface area contributed by atoms with Crippen LogP contribution in [0.25, 0.3) is 0 Å². The van der Waals surface area contributed by atoms with Crippen molar-refractivity contribution in [1.29, 1.82) is 0 Å². The normalized spacial score (nSPS) is 18.6. The van der Waals surface area contributed by atoms with Crippen LogP contribution in [-0.4, -0.2) is 50.0 Å². The van der Waals surface area contributed by atoms with Gasteiger partial charge in [0, 0.05) is 32.6 Å². The Hall–Kier alpha value is -1.37. The van der Waals surface area contributed by atoms with Gasteiger partial charge in [-0.15, -0.1) is 0 Å². The average molecular weight is 298 g/mol. The molecule has 0 aromatic carbocycles. The van der Waals surface area contributed by atoms with Gasteiger partial charge in [0.15, 0.2) is 9.84 Å². The third-order valence-corrected chi connectivity index (χ3v) is 5.08. The number of anilines is 2. The van der Waals surface area contributed by atoms with E-state index in [1.165, 1.54) is 0 Å². The average Bonchev–Trinajstić information content (AvgIpc) is 2.59. The number of rotatable bonds is 4. The number of nitrogens with zero attached hydrogens (tertiary/aromatic N) is 3. The molecule has 1 aliphatic heterocycles. The van der Waals surface area contributed by atoms with Crippen LogP contribution in [0.3, 0.4) is 0 Å². The van der Waals surface area contributed by atoms with Crippen LogP contribution in [0.5, 0.6) is 0 Å². The lowest BCUT2D eigenvalue weighted by Crippen LogP contribution is -2.28. The van der Waals surface area contributed by atoms with Crippen molar-refractivity contribution in [3.63, 3.8) is 0 Å². The van der Waals surface area contributed by atoms with Gasteiger partial charge in [-0.3, -0.25) is 0 Å². The third kappa shape index (κ3) is 3.82. The topological polar surface area (TPSA) is 75.2 Å². The fourth-order valence-electron chi connectivity index (χ4n) is 2.28. The van der Waals surface area contributed by atoms with Crippen molar-refractivity contribution in [3.8, 4) is 0 Å². The predicted molar refractivity (Wildman–Crippen MR) is 81.1 cm³/mol. The van der Waals surface area contributed by atoms with E-state index >= 15 is 0 Å². The molecule has 2 heterocycles. The van der Waals surface area contributed by atoms with Crippen molar-refractivity contribution in [2.24, 2.45) is 0 Å². The summed E-state index contributed by atoms with van der Waals surface area (Å²) in [5.41, 5.74) is 0. The summed E-state index contributed by atoms with van der Waals surface area (Å²) >= 11 is 0. The standard InChI is InChI=1S/C13H22N4O2S/c1-3-5-11-15-12(14-2)10-13(16-11)17-6-4-8-20(18,19)9-7-17/h10H,3-9H2,1-2H3,(H,14,15,16). The van der Waals surface area contributed by atoms with Gasteiger partial charge in [0.1, 0.15) is 17.5 Å². The first-order valence-electron chi connectivity index (χ1n) is 7.05. The van der Waals surface area contributed by atoms with Crippen molar-refractivity contribution in [2.75, 3.05) is 41.9 Å². The smallest absolute Gasteiger partial charge is 0.152 e. The van der Waals surface area contributed by atoms with E-state index in [2.05, 4.69) is 22.2 Å². The molecule has 0 aliphatic carbocycles. The summed E-state index contributed by atoms with van der Waals surface area (Å²) in [6.07, 6.45) is 2.47. The minimum absolute atomic E-state index is 0.203. The lowest BCUT2D eigenvalue weighted by atomic mass is 10.3. The zero-order valence-electron chi connectivity index (χ0n) is 12.1. The summed E-state index contributed by atoms with van der Waals surface area (Å²) in [7, 11) is -1.07. The number of hydrogen-bond donors (Lipinski definition) is 1. The number of nitrogens with one attached hydrogen (secondary N) is 1. The van der Waals surface area contributed by atoms with E-state index in [0.717, 1.165) is 36.8 Å². The maximum Gasteiger partial charge on any atom is 0.152 e. The second-order valence-corrected chi connectivity index (χ2v) is 7.32. The van der Waals surface area contributed by atoms with E-state index in [1.54, 1.807) is 0 Å². The minimum atomic E-state index is -2.90. The third-order valence-electron chi connectivity index (χ3n) is 3.37. The molecule has 2 rings (SSSR count). The molecule has 0 unspecified atom stereocenters. The maximum absolute atomic E-state index is 11.7. The summed E-state index contributed by atoms with van der Waals surface area (Å²) in [5.74, 6) is 2.89. The minimum Gasteiger partial charge on any atom is -0.373 e. The van der Waals surface area contributed by atoms with Crippen molar-refractivity contribution in [2.45, 2.75) is 26.2 Å². The zero-order chi connectivity index (χ0) is 14.6. The van der Waals surface area contributed by atoms with Gasteiger partial charge in [-0.05, 0) is 12.8 Å². The molecule has 0 radical (unpaired) electrons. The summed E-state index contributed by atoms with van der Waals surface area (Å²) in [4.78, 5) is 11.0. The van der Waals surface area contributed by atoms with Crippen LogP contribution in [0, 0.1) is 0 Å². The van der Waals surface area contributed by atoms with Gasteiger partial charge in [-0.2, -0.15) is 0 Å². The molecular formula is C13H22N4O2S. The fraction of sp³-hybridized carbons (Fsp3) is 0.692. The van der Waals surface area contributed by atoms with Crippen molar-refractivity contribution < 1.29 is 8.42 Å². The molecular weight excluding hydrogens is 276 g/mol. The van der Waals surface area contributed by atoms with Crippen molar-refractivity contribution in [3.05, 3.63) is 11.9 Å². The Morgan fingerprint density at radius 1 is 1.30 bits per heavy atom. The number of sulfone groups is 1. The van der Waals surface area contributed by atoms with Crippen LogP contribution in [0.1, 0.15) is 25.6 Å². The van der Waals surface area contributed by atoms with Crippen LogP contribution in [0.4, 0.5) is 11.6 Å². The Bertz CT molecular complexity index is 559. The van der Waals surface area contributed by atoms with E-state index in [9.17, 15) is 8.42 Å². The number of aryl methyl sites for hydroxylation is 1. The number of hydrogen-bond acceptors (Lipinski definition) is 6. The molecule has 0 amide bonds. The van der Waals surface area contributed by atoms with Crippen LogP contribution in [0.2, 0.25) is 0 Å². The van der Waals surface area contributed by atoms with Gasteiger partial charge >= 0.3 is 0 Å². The molecule has 1 aliphatic rings. The second-order valence-electron chi connectivity index (χ2n) is 5.02. The highest BCUT2D eigenvalue weighted by molar-refractivity contribution is 7.91. The molecule has 1 saturated heterocycles. The van der Waals surface area contributed by atoms with E-state index in [0.29, 0.717) is 13.0 Å².